The lowest BCUT2D eigenvalue weighted by Gasteiger charge is -2.16. The van der Waals surface area contributed by atoms with E-state index in [2.05, 4.69) is 10.3 Å². The molecule has 0 fully saturated rings. The van der Waals surface area contributed by atoms with E-state index < -0.39 is 0 Å². The van der Waals surface area contributed by atoms with Crippen molar-refractivity contribution in [1.29, 1.82) is 0 Å². The Hall–Kier alpha value is -1.88. The summed E-state index contributed by atoms with van der Waals surface area (Å²) >= 11 is 0. The van der Waals surface area contributed by atoms with Gasteiger partial charge >= 0.3 is 0 Å². The molecule has 0 radical (unpaired) electrons. The van der Waals surface area contributed by atoms with Crippen LogP contribution < -0.4 is 5.32 Å². The van der Waals surface area contributed by atoms with E-state index in [1.165, 1.54) is 6.39 Å². The molecule has 0 saturated heterocycles. The number of carbonyl (C=O) groups excluding carboxylic acids is 1. The topological polar surface area (TPSA) is 58.4 Å². The molecule has 0 atom stereocenters. The highest BCUT2D eigenvalue weighted by atomic mass is 16.3. The number of hydrogen-bond acceptors (Lipinski definition) is 4. The summed E-state index contributed by atoms with van der Waals surface area (Å²) in [6.07, 6.45) is 1.42. The summed E-state index contributed by atoms with van der Waals surface area (Å²) in [5, 5.41) is 2.84. The lowest BCUT2D eigenvalue weighted by atomic mass is 10.2. The fourth-order valence-electron chi connectivity index (χ4n) is 1.65. The van der Waals surface area contributed by atoms with Crippen LogP contribution in [0.4, 0.5) is 0 Å². The third kappa shape index (κ3) is 2.62. The molecule has 1 N–H and O–H groups in total. The maximum atomic E-state index is 11.6. The summed E-state index contributed by atoms with van der Waals surface area (Å²) in [6.45, 7) is 0.915. The Morgan fingerprint density at radius 1 is 1.53 bits per heavy atom. The molecule has 1 heterocycles. The zero-order valence-corrected chi connectivity index (χ0v) is 9.93. The second kappa shape index (κ2) is 4.97. The molecule has 0 aliphatic carbocycles. The van der Waals surface area contributed by atoms with E-state index in [9.17, 15) is 4.79 Å². The van der Waals surface area contributed by atoms with E-state index in [4.69, 9.17) is 4.42 Å². The van der Waals surface area contributed by atoms with Gasteiger partial charge in [0.2, 0.25) is 5.91 Å². The molecule has 0 unspecified atom stereocenters. The highest BCUT2D eigenvalue weighted by Gasteiger charge is 2.08. The molecular weight excluding hydrogens is 218 g/mol. The number of carbonyl (C=O) groups is 1. The summed E-state index contributed by atoms with van der Waals surface area (Å²) in [7, 11) is 3.54. The maximum Gasteiger partial charge on any atom is 0.236 e. The van der Waals surface area contributed by atoms with Crippen LogP contribution in [-0.4, -0.2) is 36.4 Å². The number of nitrogens with zero attached hydrogens (tertiary/aromatic N) is 2. The molecule has 1 aromatic carbocycles. The molecular formula is C12H15N3O2. The summed E-state index contributed by atoms with van der Waals surface area (Å²) in [4.78, 5) is 17.3. The minimum Gasteiger partial charge on any atom is -0.443 e. The van der Waals surface area contributed by atoms with E-state index in [0.717, 1.165) is 16.7 Å². The predicted octanol–water partition coefficient (Wildman–Crippen LogP) is 1.01. The van der Waals surface area contributed by atoms with Gasteiger partial charge in [-0.1, -0.05) is 6.07 Å². The highest BCUT2D eigenvalue weighted by Crippen LogP contribution is 2.15. The number of hydrogen-bond donors (Lipinski definition) is 1. The lowest BCUT2D eigenvalue weighted by molar-refractivity contribution is -0.129. The smallest absolute Gasteiger partial charge is 0.236 e. The number of amides is 1. The van der Waals surface area contributed by atoms with Crippen molar-refractivity contribution in [2.45, 2.75) is 6.54 Å². The summed E-state index contributed by atoms with van der Waals surface area (Å²) in [6, 6.07) is 5.75. The van der Waals surface area contributed by atoms with Crippen LogP contribution in [0.1, 0.15) is 5.56 Å². The molecule has 1 amide bonds. The first-order valence-electron chi connectivity index (χ1n) is 5.41. The summed E-state index contributed by atoms with van der Waals surface area (Å²) in [5.74, 6) is 0.0603. The average molecular weight is 233 g/mol. The molecule has 2 rings (SSSR count). The van der Waals surface area contributed by atoms with Gasteiger partial charge in [-0.3, -0.25) is 4.79 Å². The molecule has 0 bridgehead atoms. The number of aromatic nitrogens is 1. The number of benzene rings is 1. The largest absolute Gasteiger partial charge is 0.443 e. The number of rotatable bonds is 4. The van der Waals surface area contributed by atoms with E-state index in [-0.39, 0.29) is 5.91 Å². The fourth-order valence-corrected chi connectivity index (χ4v) is 1.65. The van der Waals surface area contributed by atoms with Crippen LogP contribution in [0.15, 0.2) is 29.0 Å². The van der Waals surface area contributed by atoms with Gasteiger partial charge in [0.15, 0.2) is 12.0 Å². The minimum absolute atomic E-state index is 0.0603. The van der Waals surface area contributed by atoms with Crippen molar-refractivity contribution in [1.82, 2.24) is 15.2 Å². The van der Waals surface area contributed by atoms with Crippen molar-refractivity contribution in [3.63, 3.8) is 0 Å². The Morgan fingerprint density at radius 3 is 3.12 bits per heavy atom. The van der Waals surface area contributed by atoms with Crippen molar-refractivity contribution >= 4 is 17.0 Å². The summed E-state index contributed by atoms with van der Waals surface area (Å²) in [5.41, 5.74) is 2.61. The van der Waals surface area contributed by atoms with Crippen molar-refractivity contribution in [3.05, 3.63) is 30.2 Å². The molecule has 0 saturated carbocycles. The zero-order chi connectivity index (χ0) is 12.3. The van der Waals surface area contributed by atoms with Crippen LogP contribution in [0.5, 0.6) is 0 Å². The van der Waals surface area contributed by atoms with E-state index in [0.29, 0.717) is 13.1 Å². The molecule has 0 aliphatic heterocycles. The van der Waals surface area contributed by atoms with Gasteiger partial charge < -0.3 is 14.6 Å². The Kier molecular flexibility index (Phi) is 3.39. The summed E-state index contributed by atoms with van der Waals surface area (Å²) < 4.78 is 5.22. The normalized spacial score (nSPS) is 10.7. The van der Waals surface area contributed by atoms with Gasteiger partial charge in [-0.2, -0.15) is 0 Å². The highest BCUT2D eigenvalue weighted by molar-refractivity contribution is 5.78. The van der Waals surface area contributed by atoms with E-state index in [1.807, 2.05) is 18.2 Å². The third-order valence-electron chi connectivity index (χ3n) is 2.57. The monoisotopic (exact) mass is 233 g/mol. The second-order valence-electron chi connectivity index (χ2n) is 3.93. The lowest BCUT2D eigenvalue weighted by Crippen LogP contribution is -2.33. The number of fused-ring (bicyclic) bond motifs is 1. The van der Waals surface area contributed by atoms with E-state index in [1.54, 1.807) is 19.0 Å². The van der Waals surface area contributed by atoms with Crippen LogP contribution in [-0.2, 0) is 11.3 Å². The fraction of sp³-hybridized carbons (Fsp3) is 0.333. The number of likely N-dealkylation sites (N-methyl/N-ethyl adjacent to an activating group) is 2. The average Bonchev–Trinajstić information content (AvgIpc) is 2.76. The SMILES string of the molecule is CNCC(=O)N(C)Cc1ccc2ncoc2c1. The van der Waals surface area contributed by atoms with Gasteiger partial charge in [0.1, 0.15) is 5.52 Å². The Balaban J connectivity index is 2.09. The molecule has 1 aromatic heterocycles. The van der Waals surface area contributed by atoms with Crippen molar-refractivity contribution in [2.24, 2.45) is 0 Å². The quantitative estimate of drug-likeness (QED) is 0.856. The maximum absolute atomic E-state index is 11.6. The van der Waals surface area contributed by atoms with Crippen LogP contribution >= 0.6 is 0 Å². The van der Waals surface area contributed by atoms with Gasteiger partial charge in [0, 0.05) is 13.6 Å². The second-order valence-corrected chi connectivity index (χ2v) is 3.93. The zero-order valence-electron chi connectivity index (χ0n) is 9.93. The van der Waals surface area contributed by atoms with Crippen LogP contribution in [0.25, 0.3) is 11.1 Å². The van der Waals surface area contributed by atoms with Gasteiger partial charge in [0.25, 0.3) is 0 Å². The first kappa shape index (κ1) is 11.6. The Bertz CT molecular complexity index is 521. The van der Waals surface area contributed by atoms with Gasteiger partial charge in [-0.25, -0.2) is 4.98 Å². The van der Waals surface area contributed by atoms with Gasteiger partial charge in [-0.05, 0) is 24.7 Å². The number of oxazole rings is 1. The standard InChI is InChI=1S/C12H15N3O2/c1-13-6-12(16)15(2)7-9-3-4-10-11(5-9)17-8-14-10/h3-5,8,13H,6-7H2,1-2H3. The molecule has 0 spiro atoms. The van der Waals surface area contributed by atoms with Gasteiger partial charge in [-0.15, -0.1) is 0 Å². The molecule has 5 heteroatoms. The third-order valence-corrected chi connectivity index (χ3v) is 2.57. The Labute approximate surface area is 99.4 Å². The van der Waals surface area contributed by atoms with Crippen LogP contribution in [0.3, 0.4) is 0 Å². The van der Waals surface area contributed by atoms with Crippen molar-refractivity contribution in [2.75, 3.05) is 20.6 Å². The molecule has 17 heavy (non-hydrogen) atoms. The Morgan fingerprint density at radius 2 is 2.35 bits per heavy atom. The minimum atomic E-state index is 0.0603. The predicted molar refractivity (Wildman–Crippen MR) is 64.4 cm³/mol. The van der Waals surface area contributed by atoms with Gasteiger partial charge in [0.05, 0.1) is 6.54 Å². The van der Waals surface area contributed by atoms with E-state index >= 15 is 0 Å². The van der Waals surface area contributed by atoms with Crippen molar-refractivity contribution in [3.8, 4) is 0 Å². The molecule has 90 valence electrons. The first-order valence-corrected chi connectivity index (χ1v) is 5.41. The van der Waals surface area contributed by atoms with Crippen LogP contribution in [0.2, 0.25) is 0 Å². The number of nitrogens with one attached hydrogen (secondary N) is 1. The van der Waals surface area contributed by atoms with Crippen LogP contribution in [0, 0.1) is 0 Å². The molecule has 0 aliphatic rings. The molecule has 2 aromatic rings. The van der Waals surface area contributed by atoms with Crippen molar-refractivity contribution < 1.29 is 9.21 Å². The molecule has 5 nitrogen and oxygen atoms in total. The first-order chi connectivity index (χ1) is 8.20.